The van der Waals surface area contributed by atoms with Crippen molar-refractivity contribution >= 4 is 16.9 Å². The Morgan fingerprint density at radius 2 is 1.96 bits per heavy atom. The molecule has 1 aliphatic rings. The number of rotatable bonds is 6. The van der Waals surface area contributed by atoms with Gasteiger partial charge in [0, 0.05) is 43.8 Å². The van der Waals surface area contributed by atoms with Gasteiger partial charge >= 0.3 is 5.97 Å². The lowest BCUT2D eigenvalue weighted by molar-refractivity contribution is -0.139. The standard InChI is InChI=1S/C19H26N2O3/c1-13(2)24-6-5-21-11-14-7-17-16(9-19(22)23-4)10-20(3)18(17)8-15(14)12-21/h7-8,10,13H,5-6,9,11-12H2,1-4H3. The third-order valence-corrected chi connectivity index (χ3v) is 4.60. The number of fused-ring (bicyclic) bond motifs is 2. The molecule has 1 aromatic heterocycles. The second kappa shape index (κ2) is 6.95. The number of hydrogen-bond acceptors (Lipinski definition) is 4. The van der Waals surface area contributed by atoms with E-state index in [-0.39, 0.29) is 12.1 Å². The van der Waals surface area contributed by atoms with Crippen LogP contribution < -0.4 is 0 Å². The van der Waals surface area contributed by atoms with Gasteiger partial charge in [-0.2, -0.15) is 0 Å². The van der Waals surface area contributed by atoms with E-state index in [1.54, 1.807) is 0 Å². The van der Waals surface area contributed by atoms with Crippen LogP contribution in [0.2, 0.25) is 0 Å². The number of nitrogens with zero attached hydrogens (tertiary/aromatic N) is 2. The second-order valence-electron chi connectivity index (χ2n) is 6.79. The minimum atomic E-state index is -0.199. The first kappa shape index (κ1) is 17.0. The molecule has 24 heavy (non-hydrogen) atoms. The van der Waals surface area contributed by atoms with Crippen molar-refractivity contribution in [1.29, 1.82) is 0 Å². The first-order valence-corrected chi connectivity index (χ1v) is 8.48. The molecular weight excluding hydrogens is 304 g/mol. The number of ether oxygens (including phenoxy) is 2. The number of hydrogen-bond donors (Lipinski definition) is 0. The Morgan fingerprint density at radius 1 is 1.25 bits per heavy atom. The molecule has 0 bridgehead atoms. The van der Waals surface area contributed by atoms with Crippen molar-refractivity contribution in [2.24, 2.45) is 7.05 Å². The fourth-order valence-electron chi connectivity index (χ4n) is 3.37. The summed E-state index contributed by atoms with van der Waals surface area (Å²) in [6, 6.07) is 4.50. The van der Waals surface area contributed by atoms with Crippen molar-refractivity contribution in [2.45, 2.75) is 39.5 Å². The van der Waals surface area contributed by atoms with Gasteiger partial charge in [0.2, 0.25) is 0 Å². The number of benzene rings is 1. The van der Waals surface area contributed by atoms with E-state index in [0.717, 1.165) is 37.2 Å². The fourth-order valence-corrected chi connectivity index (χ4v) is 3.37. The molecule has 3 rings (SSSR count). The molecule has 0 aliphatic carbocycles. The minimum Gasteiger partial charge on any atom is -0.469 e. The molecule has 1 aliphatic heterocycles. The summed E-state index contributed by atoms with van der Waals surface area (Å²) < 4.78 is 12.6. The predicted octanol–water partition coefficient (Wildman–Crippen LogP) is 2.63. The fraction of sp³-hybridized carbons (Fsp3) is 0.526. The summed E-state index contributed by atoms with van der Waals surface area (Å²) in [5, 5.41) is 1.15. The van der Waals surface area contributed by atoms with E-state index in [4.69, 9.17) is 9.47 Å². The molecule has 0 spiro atoms. The summed E-state index contributed by atoms with van der Waals surface area (Å²) in [5.41, 5.74) is 4.93. The van der Waals surface area contributed by atoms with E-state index in [1.165, 1.54) is 23.8 Å². The molecule has 0 radical (unpaired) electrons. The van der Waals surface area contributed by atoms with Gasteiger partial charge in [-0.05, 0) is 42.7 Å². The van der Waals surface area contributed by atoms with E-state index < -0.39 is 0 Å². The van der Waals surface area contributed by atoms with Crippen molar-refractivity contribution < 1.29 is 14.3 Å². The summed E-state index contributed by atoms with van der Waals surface area (Å²) >= 11 is 0. The topological polar surface area (TPSA) is 43.7 Å². The first-order chi connectivity index (χ1) is 11.5. The molecule has 0 unspecified atom stereocenters. The highest BCUT2D eigenvalue weighted by atomic mass is 16.5. The van der Waals surface area contributed by atoms with Crippen LogP contribution in [0.5, 0.6) is 0 Å². The number of carbonyl (C=O) groups is 1. The maximum atomic E-state index is 11.6. The average Bonchev–Trinajstić information content (AvgIpc) is 3.06. The summed E-state index contributed by atoms with van der Waals surface area (Å²) in [7, 11) is 3.46. The third kappa shape index (κ3) is 3.47. The highest BCUT2D eigenvalue weighted by Crippen LogP contribution is 2.30. The van der Waals surface area contributed by atoms with Gasteiger partial charge in [-0.15, -0.1) is 0 Å². The van der Waals surface area contributed by atoms with Gasteiger partial charge in [0.25, 0.3) is 0 Å². The molecular formula is C19H26N2O3. The molecule has 130 valence electrons. The molecule has 0 fully saturated rings. The van der Waals surface area contributed by atoms with Gasteiger partial charge in [-0.25, -0.2) is 0 Å². The lowest BCUT2D eigenvalue weighted by atomic mass is 10.0. The monoisotopic (exact) mass is 330 g/mol. The Balaban J connectivity index is 1.79. The van der Waals surface area contributed by atoms with Crippen LogP contribution in [-0.2, 0) is 40.8 Å². The predicted molar refractivity (Wildman–Crippen MR) is 93.8 cm³/mol. The van der Waals surface area contributed by atoms with Crippen LogP contribution in [0.3, 0.4) is 0 Å². The van der Waals surface area contributed by atoms with Crippen molar-refractivity contribution in [3.63, 3.8) is 0 Å². The molecule has 0 atom stereocenters. The zero-order valence-electron chi connectivity index (χ0n) is 15.0. The number of aryl methyl sites for hydroxylation is 1. The summed E-state index contributed by atoms with van der Waals surface area (Å²) in [6.07, 6.45) is 2.63. The quantitative estimate of drug-likeness (QED) is 0.764. The zero-order valence-corrected chi connectivity index (χ0v) is 15.0. The van der Waals surface area contributed by atoms with Crippen molar-refractivity contribution in [1.82, 2.24) is 9.47 Å². The van der Waals surface area contributed by atoms with Crippen molar-refractivity contribution in [3.8, 4) is 0 Å². The van der Waals surface area contributed by atoms with Crippen LogP contribution >= 0.6 is 0 Å². The Kier molecular flexibility index (Phi) is 4.92. The highest BCUT2D eigenvalue weighted by Gasteiger charge is 2.21. The van der Waals surface area contributed by atoms with Gasteiger partial charge in [0.05, 0.1) is 26.2 Å². The number of esters is 1. The van der Waals surface area contributed by atoms with Crippen LogP contribution in [-0.4, -0.2) is 41.8 Å². The van der Waals surface area contributed by atoms with Gasteiger partial charge < -0.3 is 14.0 Å². The molecule has 2 heterocycles. The van der Waals surface area contributed by atoms with Gasteiger partial charge in [0.15, 0.2) is 0 Å². The second-order valence-corrected chi connectivity index (χ2v) is 6.79. The normalized spacial score (nSPS) is 14.5. The number of carbonyl (C=O) groups excluding carboxylic acids is 1. The van der Waals surface area contributed by atoms with E-state index in [9.17, 15) is 4.79 Å². The number of methoxy groups -OCH3 is 1. The van der Waals surface area contributed by atoms with E-state index >= 15 is 0 Å². The van der Waals surface area contributed by atoms with Crippen LogP contribution in [0.1, 0.15) is 30.5 Å². The summed E-state index contributed by atoms with van der Waals surface area (Å²) in [6.45, 7) is 7.74. The van der Waals surface area contributed by atoms with Gasteiger partial charge in [-0.1, -0.05) is 0 Å². The van der Waals surface area contributed by atoms with Crippen molar-refractivity contribution in [2.75, 3.05) is 20.3 Å². The Labute approximate surface area is 143 Å². The summed E-state index contributed by atoms with van der Waals surface area (Å²) in [5.74, 6) is -0.199. The van der Waals surface area contributed by atoms with E-state index in [1.807, 2.05) is 13.2 Å². The highest BCUT2D eigenvalue weighted by molar-refractivity contribution is 5.89. The Hall–Kier alpha value is -1.85. The molecule has 0 saturated heterocycles. The largest absolute Gasteiger partial charge is 0.469 e. The number of aromatic nitrogens is 1. The molecule has 5 nitrogen and oxygen atoms in total. The van der Waals surface area contributed by atoms with Gasteiger partial charge in [-0.3, -0.25) is 9.69 Å². The molecule has 2 aromatic rings. The van der Waals surface area contributed by atoms with Crippen molar-refractivity contribution in [3.05, 3.63) is 35.0 Å². The lowest BCUT2D eigenvalue weighted by Gasteiger charge is -2.15. The molecule has 0 amide bonds. The Bertz CT molecular complexity index is 749. The molecule has 5 heteroatoms. The summed E-state index contributed by atoms with van der Waals surface area (Å²) in [4.78, 5) is 14.0. The lowest BCUT2D eigenvalue weighted by Crippen LogP contribution is -2.23. The van der Waals surface area contributed by atoms with Crippen LogP contribution in [0.15, 0.2) is 18.3 Å². The maximum Gasteiger partial charge on any atom is 0.310 e. The van der Waals surface area contributed by atoms with Crippen LogP contribution in [0.25, 0.3) is 10.9 Å². The first-order valence-electron chi connectivity index (χ1n) is 8.48. The third-order valence-electron chi connectivity index (χ3n) is 4.60. The smallest absolute Gasteiger partial charge is 0.310 e. The Morgan fingerprint density at radius 3 is 2.62 bits per heavy atom. The SMILES string of the molecule is COC(=O)Cc1cn(C)c2cc3c(cc12)CN(CCOC(C)C)C3. The van der Waals surface area contributed by atoms with Gasteiger partial charge in [0.1, 0.15) is 0 Å². The average molecular weight is 330 g/mol. The molecule has 1 aromatic carbocycles. The van der Waals surface area contributed by atoms with Crippen LogP contribution in [0.4, 0.5) is 0 Å². The molecule has 0 saturated carbocycles. The van der Waals surface area contributed by atoms with Crippen LogP contribution in [0, 0.1) is 0 Å². The molecule has 0 N–H and O–H groups in total. The minimum absolute atomic E-state index is 0.199. The zero-order chi connectivity index (χ0) is 17.3. The van der Waals surface area contributed by atoms with E-state index in [2.05, 4.69) is 35.4 Å². The maximum absolute atomic E-state index is 11.6. The van der Waals surface area contributed by atoms with E-state index in [0.29, 0.717) is 6.42 Å².